The van der Waals surface area contributed by atoms with E-state index in [-0.39, 0.29) is 5.82 Å². The van der Waals surface area contributed by atoms with Crippen molar-refractivity contribution in [2.45, 2.75) is 72.2 Å². The van der Waals surface area contributed by atoms with Crippen LogP contribution in [0.15, 0.2) is 28.4 Å². The van der Waals surface area contributed by atoms with Crippen LogP contribution in [0, 0.1) is 0 Å². The van der Waals surface area contributed by atoms with Crippen molar-refractivity contribution in [3.63, 3.8) is 0 Å². The van der Waals surface area contributed by atoms with Gasteiger partial charge in [-0.1, -0.05) is 6.08 Å². The van der Waals surface area contributed by atoms with E-state index in [2.05, 4.69) is 17.0 Å². The van der Waals surface area contributed by atoms with Crippen LogP contribution >= 0.6 is 0 Å². The van der Waals surface area contributed by atoms with Crippen LogP contribution < -0.4 is 5.32 Å². The van der Waals surface area contributed by atoms with Gasteiger partial charge in [-0.25, -0.2) is 9.79 Å². The van der Waals surface area contributed by atoms with Crippen molar-refractivity contribution < 1.29 is 18.8 Å². The Balaban J connectivity index is 2.90. The number of hydrogen-bond donors (Lipinski definition) is 1. The zero-order valence-corrected chi connectivity index (χ0v) is 16.0. The van der Waals surface area contributed by atoms with Crippen molar-refractivity contribution in [2.24, 2.45) is 4.99 Å². The minimum Gasteiger partial charge on any atom is -0.444 e. The standard InChI is InChI=1S/C17H29BN2O4/c1-10-12(18-23-16(5,6)17(7,8)24-18)11-13(19-9)20-14(21)22-15(2,3)4/h10-11H,9H2,1-8H3,(H,20,21)/b12-10+,13-11+. The minimum atomic E-state index is -0.592. The Morgan fingerprint density at radius 2 is 1.71 bits per heavy atom. The van der Waals surface area contributed by atoms with Gasteiger partial charge < -0.3 is 14.0 Å². The van der Waals surface area contributed by atoms with Crippen LogP contribution in [0.5, 0.6) is 0 Å². The van der Waals surface area contributed by atoms with Gasteiger partial charge in [0.25, 0.3) is 0 Å². The largest absolute Gasteiger partial charge is 0.494 e. The van der Waals surface area contributed by atoms with Crippen molar-refractivity contribution in [1.29, 1.82) is 0 Å². The highest BCUT2D eigenvalue weighted by molar-refractivity contribution is 6.55. The molecule has 0 aromatic rings. The van der Waals surface area contributed by atoms with Crippen LogP contribution in [0.25, 0.3) is 0 Å². The summed E-state index contributed by atoms with van der Waals surface area (Å²) in [6.07, 6.45) is 2.92. The molecule has 0 aromatic heterocycles. The van der Waals surface area contributed by atoms with E-state index in [1.54, 1.807) is 26.8 Å². The molecule has 134 valence electrons. The first-order valence-electron chi connectivity index (χ1n) is 8.01. The Labute approximate surface area is 145 Å². The van der Waals surface area contributed by atoms with Crippen molar-refractivity contribution in [1.82, 2.24) is 5.32 Å². The lowest BCUT2D eigenvalue weighted by Gasteiger charge is -2.32. The number of ether oxygens (including phenoxy) is 1. The van der Waals surface area contributed by atoms with E-state index in [0.717, 1.165) is 5.47 Å². The fraction of sp³-hybridized carbons (Fsp3) is 0.647. The van der Waals surface area contributed by atoms with Gasteiger partial charge in [0.1, 0.15) is 11.4 Å². The third kappa shape index (κ3) is 5.21. The molecule has 0 unspecified atom stereocenters. The van der Waals surface area contributed by atoms with E-state index in [0.29, 0.717) is 0 Å². The second-order valence-corrected chi connectivity index (χ2v) is 7.69. The van der Waals surface area contributed by atoms with Gasteiger partial charge in [-0.05, 0) is 73.7 Å². The molecule has 1 N–H and O–H groups in total. The quantitative estimate of drug-likeness (QED) is 0.483. The number of alkyl carbamates (subject to hydrolysis) is 1. The Bertz CT molecular complexity index is 543. The van der Waals surface area contributed by atoms with Gasteiger partial charge in [0, 0.05) is 0 Å². The van der Waals surface area contributed by atoms with E-state index in [1.807, 2.05) is 40.7 Å². The van der Waals surface area contributed by atoms with Crippen LogP contribution in [0.2, 0.25) is 0 Å². The molecular formula is C17H29BN2O4. The molecule has 24 heavy (non-hydrogen) atoms. The maximum Gasteiger partial charge on any atom is 0.494 e. The summed E-state index contributed by atoms with van der Waals surface area (Å²) in [4.78, 5) is 15.7. The van der Waals surface area contributed by atoms with E-state index in [1.165, 1.54) is 0 Å². The first-order valence-corrected chi connectivity index (χ1v) is 8.01. The number of allylic oxidation sites excluding steroid dienone is 3. The molecule has 1 saturated heterocycles. The lowest BCUT2D eigenvalue weighted by molar-refractivity contribution is 0.00578. The smallest absolute Gasteiger partial charge is 0.444 e. The number of aliphatic imine (C=N–C) groups is 1. The third-order valence-electron chi connectivity index (χ3n) is 3.96. The second-order valence-electron chi connectivity index (χ2n) is 7.69. The molecule has 1 aliphatic rings. The molecule has 0 saturated carbocycles. The first kappa shape index (κ1) is 20.4. The fourth-order valence-corrected chi connectivity index (χ4v) is 1.95. The fourth-order valence-electron chi connectivity index (χ4n) is 1.95. The highest BCUT2D eigenvalue weighted by Crippen LogP contribution is 2.38. The second kappa shape index (κ2) is 7.11. The van der Waals surface area contributed by atoms with Gasteiger partial charge in [0.2, 0.25) is 0 Å². The van der Waals surface area contributed by atoms with Crippen molar-refractivity contribution in [2.75, 3.05) is 0 Å². The molecule has 1 amide bonds. The monoisotopic (exact) mass is 336 g/mol. The summed E-state index contributed by atoms with van der Waals surface area (Å²) in [5.41, 5.74) is -0.738. The van der Waals surface area contributed by atoms with Gasteiger partial charge in [0.15, 0.2) is 0 Å². The maximum atomic E-state index is 11.9. The molecule has 0 bridgehead atoms. The molecule has 1 aliphatic heterocycles. The summed E-state index contributed by atoms with van der Waals surface area (Å²) in [6.45, 7) is 18.6. The number of hydrogen-bond acceptors (Lipinski definition) is 5. The van der Waals surface area contributed by atoms with Crippen molar-refractivity contribution in [3.05, 3.63) is 23.4 Å². The molecule has 1 fully saturated rings. The summed E-state index contributed by atoms with van der Waals surface area (Å²) in [5.74, 6) is 0.270. The van der Waals surface area contributed by atoms with Gasteiger partial charge in [-0.15, -0.1) is 0 Å². The molecule has 1 heterocycles. The average molecular weight is 336 g/mol. The van der Waals surface area contributed by atoms with Crippen LogP contribution in [-0.2, 0) is 14.0 Å². The number of amides is 1. The van der Waals surface area contributed by atoms with Gasteiger partial charge in [-0.3, -0.25) is 5.32 Å². The molecule has 6 nitrogen and oxygen atoms in total. The molecule has 7 heteroatoms. The summed E-state index contributed by atoms with van der Waals surface area (Å²) >= 11 is 0. The lowest BCUT2D eigenvalue weighted by Crippen LogP contribution is -2.41. The molecule has 0 atom stereocenters. The van der Waals surface area contributed by atoms with Gasteiger partial charge >= 0.3 is 13.2 Å². The van der Waals surface area contributed by atoms with E-state index < -0.39 is 30.0 Å². The summed E-state index contributed by atoms with van der Waals surface area (Å²) in [5, 5.41) is 2.57. The van der Waals surface area contributed by atoms with Crippen LogP contribution in [-0.4, -0.2) is 36.7 Å². The third-order valence-corrected chi connectivity index (χ3v) is 3.96. The van der Waals surface area contributed by atoms with Crippen LogP contribution in [0.4, 0.5) is 4.79 Å². The predicted octanol–water partition coefficient (Wildman–Crippen LogP) is 3.63. The molecule has 0 spiro atoms. The number of carbonyl (C=O) groups is 1. The van der Waals surface area contributed by atoms with Crippen LogP contribution in [0.1, 0.15) is 55.4 Å². The predicted molar refractivity (Wildman–Crippen MR) is 96.8 cm³/mol. The summed E-state index contributed by atoms with van der Waals surface area (Å²) in [7, 11) is -0.544. The Hall–Kier alpha value is -1.60. The number of rotatable bonds is 4. The summed E-state index contributed by atoms with van der Waals surface area (Å²) in [6, 6.07) is 0. The van der Waals surface area contributed by atoms with E-state index in [9.17, 15) is 4.79 Å². The topological polar surface area (TPSA) is 69.2 Å². The zero-order chi connectivity index (χ0) is 18.8. The normalized spacial score (nSPS) is 20.8. The lowest BCUT2D eigenvalue weighted by atomic mass is 9.78. The molecule has 1 rings (SSSR count). The van der Waals surface area contributed by atoms with E-state index in [4.69, 9.17) is 14.0 Å². The summed E-state index contributed by atoms with van der Waals surface area (Å²) < 4.78 is 17.2. The Kier molecular flexibility index (Phi) is 6.06. The van der Waals surface area contributed by atoms with Gasteiger partial charge in [-0.2, -0.15) is 0 Å². The molecular weight excluding hydrogens is 307 g/mol. The highest BCUT2D eigenvalue weighted by atomic mass is 16.7. The maximum absolute atomic E-state index is 11.9. The number of carbonyl (C=O) groups excluding carboxylic acids is 1. The van der Waals surface area contributed by atoms with Crippen LogP contribution in [0.3, 0.4) is 0 Å². The van der Waals surface area contributed by atoms with Crippen molar-refractivity contribution in [3.8, 4) is 0 Å². The Morgan fingerprint density at radius 1 is 1.21 bits per heavy atom. The molecule has 0 radical (unpaired) electrons. The Morgan fingerprint density at radius 3 is 2.08 bits per heavy atom. The number of nitrogens with one attached hydrogen (secondary N) is 1. The zero-order valence-electron chi connectivity index (χ0n) is 16.0. The van der Waals surface area contributed by atoms with Gasteiger partial charge in [0.05, 0.1) is 11.2 Å². The first-order chi connectivity index (χ1) is 10.8. The highest BCUT2D eigenvalue weighted by Gasteiger charge is 2.52. The van der Waals surface area contributed by atoms with E-state index >= 15 is 0 Å². The average Bonchev–Trinajstić information content (AvgIpc) is 2.60. The van der Waals surface area contributed by atoms with Crippen molar-refractivity contribution >= 4 is 19.9 Å². The SMILES string of the molecule is C=N/C(=C\C(=C/C)B1OC(C)(C)C(C)(C)O1)NC(=O)OC(C)(C)C. The number of nitrogens with zero attached hydrogens (tertiary/aromatic N) is 1. The molecule has 0 aliphatic carbocycles. The molecule has 0 aromatic carbocycles. The minimum absolute atomic E-state index is 0.270.